The number of nitrogens with zero attached hydrogens (tertiary/aromatic N) is 1. The molecule has 0 aliphatic heterocycles. The minimum atomic E-state index is -2.61. The average molecular weight is 770 g/mol. The molecule has 1 heterocycles. The zero-order valence-corrected chi connectivity index (χ0v) is 33.4. The summed E-state index contributed by atoms with van der Waals surface area (Å²) in [6.45, 7) is 0. The quantitative estimate of drug-likeness (QED) is 0.113. The van der Waals surface area contributed by atoms with Gasteiger partial charge >= 0.3 is 0 Å². The van der Waals surface area contributed by atoms with Crippen LogP contribution < -0.4 is 25.6 Å². The lowest BCUT2D eigenvalue weighted by Gasteiger charge is -2.34. The summed E-state index contributed by atoms with van der Waals surface area (Å²) in [6.07, 6.45) is 0. The highest BCUT2D eigenvalue weighted by molar-refractivity contribution is 7.19. The molecule has 0 saturated carbocycles. The fraction of sp³-hybridized carbons (Fsp3) is 0. The number of benzene rings is 10. The summed E-state index contributed by atoms with van der Waals surface area (Å²) in [5, 5.41) is 12.3. The van der Waals surface area contributed by atoms with Crippen molar-refractivity contribution in [2.24, 2.45) is 0 Å². The molecule has 11 aromatic rings. The first kappa shape index (κ1) is 34.8. The molecule has 278 valence electrons. The molecule has 2 nitrogen and oxygen atoms in total. The van der Waals surface area contributed by atoms with E-state index in [9.17, 15) is 0 Å². The Hall–Kier alpha value is -7.46. The topological polar surface area (TPSA) is 16.4 Å². The predicted octanol–water partition coefficient (Wildman–Crippen LogP) is 12.4. The van der Waals surface area contributed by atoms with Crippen LogP contribution in [-0.4, -0.2) is 8.07 Å². The van der Waals surface area contributed by atoms with Crippen LogP contribution >= 0.6 is 0 Å². The molecule has 11 rings (SSSR count). The van der Waals surface area contributed by atoms with Gasteiger partial charge in [0.15, 0.2) is 8.07 Å². The van der Waals surface area contributed by atoms with Gasteiger partial charge in [-0.3, -0.25) is 0 Å². The Labute approximate surface area is 344 Å². The second-order valence-corrected chi connectivity index (χ2v) is 19.0. The lowest BCUT2D eigenvalue weighted by molar-refractivity contribution is 0.672. The molecule has 0 amide bonds. The van der Waals surface area contributed by atoms with E-state index in [4.69, 9.17) is 4.42 Å². The molecule has 0 unspecified atom stereocenters. The molecule has 0 bridgehead atoms. The summed E-state index contributed by atoms with van der Waals surface area (Å²) in [5.41, 5.74) is 7.42. The van der Waals surface area contributed by atoms with E-state index in [1.165, 1.54) is 42.6 Å². The SMILES string of the molecule is c1ccc([Si](c2ccccc2)(c2ccccc2)c2ccc(-c3ccc(N(c4cccc5ccccc45)c4cccc5ccc6c7ccccc7oc6c45)cc3)cc2)cc1. The molecule has 3 heteroatoms. The largest absolute Gasteiger partial charge is 0.455 e. The van der Waals surface area contributed by atoms with E-state index in [2.05, 4.69) is 235 Å². The molecule has 0 aliphatic carbocycles. The third-order valence-electron chi connectivity index (χ3n) is 12.0. The van der Waals surface area contributed by atoms with Crippen molar-refractivity contribution in [2.75, 3.05) is 4.90 Å². The van der Waals surface area contributed by atoms with Crippen molar-refractivity contribution in [1.82, 2.24) is 0 Å². The Morgan fingerprint density at radius 1 is 0.322 bits per heavy atom. The molecule has 0 aliphatic rings. The number of furan rings is 1. The molecule has 0 spiro atoms. The van der Waals surface area contributed by atoms with Crippen LogP contribution in [-0.2, 0) is 0 Å². The van der Waals surface area contributed by atoms with E-state index in [-0.39, 0.29) is 0 Å². The molecule has 0 saturated heterocycles. The van der Waals surface area contributed by atoms with Gasteiger partial charge in [-0.1, -0.05) is 200 Å². The zero-order chi connectivity index (χ0) is 39.2. The standard InChI is InChI=1S/C56H39NOSi/c1-4-19-45(20-5-1)59(46-21-6-2-7-22-46,47-23-8-3-9-24-47)48-37-32-41(33-38-48)40-30-35-44(36-31-40)57(52-27-14-17-42-16-10-11-25-49(42)52)53-28-15-18-43-34-39-51-50-26-12-13-29-54(50)58-56(51)55(43)53/h1-39H. The van der Waals surface area contributed by atoms with Crippen LogP contribution in [0.5, 0.6) is 0 Å². The van der Waals surface area contributed by atoms with Gasteiger partial charge in [0.1, 0.15) is 11.2 Å². The first-order valence-corrected chi connectivity index (χ1v) is 22.3. The van der Waals surface area contributed by atoms with Crippen LogP contribution in [0.1, 0.15) is 0 Å². The highest BCUT2D eigenvalue weighted by atomic mass is 28.3. The van der Waals surface area contributed by atoms with Gasteiger partial charge in [0.25, 0.3) is 0 Å². The second-order valence-electron chi connectivity index (χ2n) is 15.2. The number of fused-ring (bicyclic) bond motifs is 6. The van der Waals surface area contributed by atoms with Crippen molar-refractivity contribution in [3.05, 3.63) is 237 Å². The smallest absolute Gasteiger partial charge is 0.179 e. The first-order chi connectivity index (χ1) is 29.3. The lowest BCUT2D eigenvalue weighted by Crippen LogP contribution is -2.74. The van der Waals surface area contributed by atoms with E-state index in [1.54, 1.807) is 0 Å². The predicted molar refractivity (Wildman–Crippen MR) is 252 cm³/mol. The Morgan fingerprint density at radius 3 is 1.46 bits per heavy atom. The van der Waals surface area contributed by atoms with Gasteiger partial charge in [0.2, 0.25) is 0 Å². The minimum Gasteiger partial charge on any atom is -0.455 e. The van der Waals surface area contributed by atoms with E-state index in [0.29, 0.717) is 0 Å². The summed E-state index contributed by atoms with van der Waals surface area (Å²) < 4.78 is 6.69. The number of hydrogen-bond acceptors (Lipinski definition) is 2. The van der Waals surface area contributed by atoms with Gasteiger partial charge < -0.3 is 9.32 Å². The van der Waals surface area contributed by atoms with Crippen molar-refractivity contribution >= 4 is 89.4 Å². The number of para-hydroxylation sites is 1. The monoisotopic (exact) mass is 769 g/mol. The number of hydrogen-bond donors (Lipinski definition) is 0. The van der Waals surface area contributed by atoms with Crippen LogP contribution in [0.4, 0.5) is 17.1 Å². The zero-order valence-electron chi connectivity index (χ0n) is 32.4. The molecule has 0 atom stereocenters. The van der Waals surface area contributed by atoms with E-state index < -0.39 is 8.07 Å². The Balaban J connectivity index is 1.05. The molecule has 1 aromatic heterocycles. The summed E-state index contributed by atoms with van der Waals surface area (Å²) in [4.78, 5) is 2.41. The van der Waals surface area contributed by atoms with Gasteiger partial charge in [-0.15, -0.1) is 0 Å². The van der Waals surface area contributed by atoms with Gasteiger partial charge in [-0.2, -0.15) is 0 Å². The fourth-order valence-corrected chi connectivity index (χ4v) is 14.1. The van der Waals surface area contributed by atoms with Crippen molar-refractivity contribution < 1.29 is 4.42 Å². The molecule has 0 radical (unpaired) electrons. The maximum absolute atomic E-state index is 6.69. The maximum atomic E-state index is 6.69. The van der Waals surface area contributed by atoms with Gasteiger partial charge in [-0.25, -0.2) is 0 Å². The number of anilines is 3. The van der Waals surface area contributed by atoms with Crippen LogP contribution in [0.2, 0.25) is 0 Å². The van der Waals surface area contributed by atoms with Crippen molar-refractivity contribution in [3.63, 3.8) is 0 Å². The van der Waals surface area contributed by atoms with Gasteiger partial charge in [0.05, 0.1) is 11.4 Å². The van der Waals surface area contributed by atoms with Crippen LogP contribution in [0, 0.1) is 0 Å². The normalized spacial score (nSPS) is 11.7. The number of rotatable bonds is 8. The Kier molecular flexibility index (Phi) is 8.53. The maximum Gasteiger partial charge on any atom is 0.179 e. The molecule has 10 aromatic carbocycles. The molecule has 59 heavy (non-hydrogen) atoms. The minimum absolute atomic E-state index is 0.896. The molecule has 0 N–H and O–H groups in total. The Morgan fingerprint density at radius 2 is 0.814 bits per heavy atom. The van der Waals surface area contributed by atoms with E-state index >= 15 is 0 Å². The van der Waals surface area contributed by atoms with Gasteiger partial charge in [0, 0.05) is 27.2 Å². The highest BCUT2D eigenvalue weighted by Gasteiger charge is 2.41. The molecular formula is C56H39NOSi. The van der Waals surface area contributed by atoms with Gasteiger partial charge in [-0.05, 0) is 79.0 Å². The summed E-state index contributed by atoms with van der Waals surface area (Å²) in [5.74, 6) is 0. The third kappa shape index (κ3) is 5.78. The Bertz CT molecular complexity index is 3150. The summed E-state index contributed by atoms with van der Waals surface area (Å²) in [7, 11) is -2.61. The van der Waals surface area contributed by atoms with E-state index in [1.807, 2.05) is 6.07 Å². The van der Waals surface area contributed by atoms with Crippen LogP contribution in [0.3, 0.4) is 0 Å². The molecule has 0 fully saturated rings. The lowest BCUT2D eigenvalue weighted by atomic mass is 10.0. The van der Waals surface area contributed by atoms with Crippen molar-refractivity contribution in [1.29, 1.82) is 0 Å². The average Bonchev–Trinajstić information content (AvgIpc) is 3.70. The first-order valence-electron chi connectivity index (χ1n) is 20.3. The summed E-state index contributed by atoms with van der Waals surface area (Å²) >= 11 is 0. The molecular weight excluding hydrogens is 731 g/mol. The highest BCUT2D eigenvalue weighted by Crippen LogP contribution is 2.45. The fourth-order valence-electron chi connectivity index (χ4n) is 9.31. The van der Waals surface area contributed by atoms with Crippen molar-refractivity contribution in [3.8, 4) is 11.1 Å². The van der Waals surface area contributed by atoms with Crippen molar-refractivity contribution in [2.45, 2.75) is 0 Å². The summed E-state index contributed by atoms with van der Waals surface area (Å²) in [6, 6.07) is 86.3. The second kappa shape index (κ2) is 14.5. The third-order valence-corrected chi connectivity index (χ3v) is 16.8. The van der Waals surface area contributed by atoms with E-state index in [0.717, 1.165) is 49.8 Å². The van der Waals surface area contributed by atoms with Crippen LogP contribution in [0.25, 0.3) is 54.6 Å². The van der Waals surface area contributed by atoms with Crippen LogP contribution in [0.15, 0.2) is 241 Å².